The van der Waals surface area contributed by atoms with Crippen LogP contribution in [-0.2, 0) is 12.4 Å². The number of halogens is 6. The normalized spacial score (nSPS) is 12.7. The molecule has 0 aliphatic rings. The summed E-state index contributed by atoms with van der Waals surface area (Å²) in [4.78, 5) is 3.21. The van der Waals surface area contributed by atoms with Gasteiger partial charge in [0.05, 0.1) is 5.56 Å². The van der Waals surface area contributed by atoms with Gasteiger partial charge in [-0.05, 0) is 12.1 Å². The van der Waals surface area contributed by atoms with Gasteiger partial charge in [-0.1, -0.05) is 0 Å². The third kappa shape index (κ3) is 2.69. The lowest BCUT2D eigenvalue weighted by atomic mass is 10.1. The van der Waals surface area contributed by atoms with Crippen LogP contribution in [0.1, 0.15) is 11.1 Å². The van der Waals surface area contributed by atoms with Crippen molar-refractivity contribution in [3.05, 3.63) is 41.9 Å². The first-order chi connectivity index (χ1) is 8.69. The average Bonchev–Trinajstić information content (AvgIpc) is 2.79. The molecule has 0 aliphatic carbocycles. The SMILES string of the molecule is FC(F)(F)c1cnc(-n2cccn2)c(C(F)(F)F)c1. The van der Waals surface area contributed by atoms with E-state index in [1.165, 1.54) is 12.3 Å². The highest BCUT2D eigenvalue weighted by Gasteiger charge is 2.39. The third-order valence-corrected chi connectivity index (χ3v) is 2.22. The van der Waals surface area contributed by atoms with Crippen LogP contribution in [0.2, 0.25) is 0 Å². The van der Waals surface area contributed by atoms with Gasteiger partial charge in [0.25, 0.3) is 0 Å². The minimum atomic E-state index is -4.96. The molecule has 3 nitrogen and oxygen atoms in total. The summed E-state index contributed by atoms with van der Waals surface area (Å²) in [6.07, 6.45) is -7.16. The standard InChI is InChI=1S/C10H5F6N3/c11-9(12,13)6-4-7(10(14,15)16)8(17-5-6)19-3-1-2-18-19/h1-5H. The molecule has 2 heterocycles. The summed E-state index contributed by atoms with van der Waals surface area (Å²) >= 11 is 0. The molecule has 0 unspecified atom stereocenters. The Hall–Kier alpha value is -2.06. The molecule has 0 N–H and O–H groups in total. The highest BCUT2D eigenvalue weighted by atomic mass is 19.4. The van der Waals surface area contributed by atoms with Crippen LogP contribution in [0.5, 0.6) is 0 Å². The smallest absolute Gasteiger partial charge is 0.236 e. The molecule has 0 atom stereocenters. The monoisotopic (exact) mass is 281 g/mol. The van der Waals surface area contributed by atoms with Crippen molar-refractivity contribution in [2.24, 2.45) is 0 Å². The molecule has 0 aliphatic heterocycles. The minimum Gasteiger partial charge on any atom is -0.236 e. The van der Waals surface area contributed by atoms with E-state index in [4.69, 9.17) is 0 Å². The van der Waals surface area contributed by atoms with Crippen molar-refractivity contribution in [2.45, 2.75) is 12.4 Å². The summed E-state index contributed by atoms with van der Waals surface area (Å²) in [5.74, 6) is -0.703. The van der Waals surface area contributed by atoms with E-state index in [-0.39, 0.29) is 6.07 Å². The second-order valence-corrected chi connectivity index (χ2v) is 3.54. The Morgan fingerprint density at radius 3 is 2.16 bits per heavy atom. The largest absolute Gasteiger partial charge is 0.420 e. The van der Waals surface area contributed by atoms with Gasteiger partial charge in [0, 0.05) is 18.6 Å². The molecule has 0 bridgehead atoms. The Morgan fingerprint density at radius 1 is 1.00 bits per heavy atom. The molecule has 102 valence electrons. The topological polar surface area (TPSA) is 30.7 Å². The van der Waals surface area contributed by atoms with Crippen molar-refractivity contribution < 1.29 is 26.3 Å². The molecule has 9 heteroatoms. The summed E-state index contributed by atoms with van der Waals surface area (Å²) in [5.41, 5.74) is -2.96. The maximum atomic E-state index is 12.8. The van der Waals surface area contributed by atoms with Gasteiger partial charge in [0.2, 0.25) is 0 Å². The lowest BCUT2D eigenvalue weighted by Gasteiger charge is -2.14. The Kier molecular flexibility index (Phi) is 2.99. The number of aromatic nitrogens is 3. The predicted molar refractivity (Wildman–Crippen MR) is 51.4 cm³/mol. The Balaban J connectivity index is 2.63. The number of hydrogen-bond donors (Lipinski definition) is 0. The van der Waals surface area contributed by atoms with E-state index in [2.05, 4.69) is 10.1 Å². The second kappa shape index (κ2) is 4.25. The maximum Gasteiger partial charge on any atom is 0.420 e. The van der Waals surface area contributed by atoms with E-state index >= 15 is 0 Å². The van der Waals surface area contributed by atoms with Crippen LogP contribution < -0.4 is 0 Å². The van der Waals surface area contributed by atoms with E-state index in [1.807, 2.05) is 0 Å². The van der Waals surface area contributed by atoms with E-state index < -0.39 is 29.3 Å². The fourth-order valence-corrected chi connectivity index (χ4v) is 1.40. The van der Waals surface area contributed by atoms with Crippen LogP contribution >= 0.6 is 0 Å². The van der Waals surface area contributed by atoms with Crippen LogP contribution in [0.3, 0.4) is 0 Å². The molecule has 0 spiro atoms. The molecule has 0 amide bonds. The van der Waals surface area contributed by atoms with Crippen molar-refractivity contribution in [3.63, 3.8) is 0 Å². The van der Waals surface area contributed by atoms with Crippen molar-refractivity contribution in [1.29, 1.82) is 0 Å². The van der Waals surface area contributed by atoms with Crippen LogP contribution in [0.15, 0.2) is 30.7 Å². The average molecular weight is 281 g/mol. The molecule has 0 saturated carbocycles. The fourth-order valence-electron chi connectivity index (χ4n) is 1.40. The first-order valence-electron chi connectivity index (χ1n) is 4.84. The quantitative estimate of drug-likeness (QED) is 0.751. The lowest BCUT2D eigenvalue weighted by Crippen LogP contribution is -2.16. The minimum absolute atomic E-state index is 0.0179. The molecule has 0 saturated heterocycles. The van der Waals surface area contributed by atoms with Crippen molar-refractivity contribution in [2.75, 3.05) is 0 Å². The Morgan fingerprint density at radius 2 is 1.68 bits per heavy atom. The summed E-state index contributed by atoms with van der Waals surface area (Å²) < 4.78 is 76.2. The molecular formula is C10H5F6N3. The Labute approximate surface area is 102 Å². The van der Waals surface area contributed by atoms with Gasteiger partial charge in [-0.25, -0.2) is 9.67 Å². The maximum absolute atomic E-state index is 12.8. The van der Waals surface area contributed by atoms with Crippen LogP contribution in [0.4, 0.5) is 26.3 Å². The van der Waals surface area contributed by atoms with Gasteiger partial charge >= 0.3 is 12.4 Å². The van der Waals surface area contributed by atoms with E-state index in [9.17, 15) is 26.3 Å². The van der Waals surface area contributed by atoms with Crippen molar-refractivity contribution in [3.8, 4) is 5.82 Å². The van der Waals surface area contributed by atoms with Crippen LogP contribution in [-0.4, -0.2) is 14.8 Å². The second-order valence-electron chi connectivity index (χ2n) is 3.54. The summed E-state index contributed by atoms with van der Waals surface area (Å²) in [5, 5.41) is 3.53. The van der Waals surface area contributed by atoms with E-state index in [0.29, 0.717) is 6.20 Å². The summed E-state index contributed by atoms with van der Waals surface area (Å²) in [7, 11) is 0. The lowest BCUT2D eigenvalue weighted by molar-refractivity contribution is -0.143. The van der Waals surface area contributed by atoms with Crippen LogP contribution in [0, 0.1) is 0 Å². The van der Waals surface area contributed by atoms with E-state index in [1.54, 1.807) is 0 Å². The van der Waals surface area contributed by atoms with Gasteiger partial charge in [0.15, 0.2) is 5.82 Å². The van der Waals surface area contributed by atoms with E-state index in [0.717, 1.165) is 10.9 Å². The molecule has 2 rings (SSSR count). The Bertz CT molecular complexity index is 570. The highest BCUT2D eigenvalue weighted by molar-refractivity contribution is 5.38. The molecular weight excluding hydrogens is 276 g/mol. The summed E-state index contributed by atoms with van der Waals surface area (Å²) in [6, 6.07) is 1.35. The first-order valence-corrected chi connectivity index (χ1v) is 4.84. The number of alkyl halides is 6. The zero-order chi connectivity index (χ0) is 14.3. The number of hydrogen-bond acceptors (Lipinski definition) is 2. The molecule has 2 aromatic heterocycles. The van der Waals surface area contributed by atoms with Gasteiger partial charge in [-0.2, -0.15) is 31.4 Å². The third-order valence-electron chi connectivity index (χ3n) is 2.22. The number of pyridine rings is 1. The molecule has 0 fully saturated rings. The van der Waals surface area contributed by atoms with Crippen LogP contribution in [0.25, 0.3) is 5.82 Å². The zero-order valence-corrected chi connectivity index (χ0v) is 9.00. The highest BCUT2D eigenvalue weighted by Crippen LogP contribution is 2.37. The fraction of sp³-hybridized carbons (Fsp3) is 0.200. The van der Waals surface area contributed by atoms with Gasteiger partial charge < -0.3 is 0 Å². The molecule has 2 aromatic rings. The number of nitrogens with zero attached hydrogens (tertiary/aromatic N) is 3. The molecule has 19 heavy (non-hydrogen) atoms. The zero-order valence-electron chi connectivity index (χ0n) is 9.00. The van der Waals surface area contributed by atoms with Gasteiger partial charge in [0.1, 0.15) is 5.56 Å². The van der Waals surface area contributed by atoms with Gasteiger partial charge in [-0.15, -0.1) is 0 Å². The van der Waals surface area contributed by atoms with Gasteiger partial charge in [-0.3, -0.25) is 0 Å². The first kappa shape index (κ1) is 13.4. The van der Waals surface area contributed by atoms with Crippen molar-refractivity contribution in [1.82, 2.24) is 14.8 Å². The summed E-state index contributed by atoms with van der Waals surface area (Å²) in [6.45, 7) is 0. The molecule has 0 aromatic carbocycles. The predicted octanol–water partition coefficient (Wildman–Crippen LogP) is 3.30. The molecule has 0 radical (unpaired) electrons. The van der Waals surface area contributed by atoms with Crippen molar-refractivity contribution >= 4 is 0 Å². The number of rotatable bonds is 1.